The molecule has 1 aliphatic carbocycles. The Balaban J connectivity index is 1.75. The molecule has 2 aromatic carbocycles. The molecule has 4 rings (SSSR count). The lowest BCUT2D eigenvalue weighted by Gasteiger charge is -2.08. The molecule has 1 aromatic heterocycles. The van der Waals surface area contributed by atoms with Crippen LogP contribution in [0.1, 0.15) is 32.6 Å². The van der Waals surface area contributed by atoms with E-state index in [0.29, 0.717) is 0 Å². The van der Waals surface area contributed by atoms with Gasteiger partial charge in [0.15, 0.2) is 0 Å². The fraction of sp³-hybridized carbons (Fsp3) is 0.167. The van der Waals surface area contributed by atoms with Crippen molar-refractivity contribution in [2.45, 2.75) is 19.4 Å². The molecular weight excluding hydrogens is 276 g/mol. The van der Waals surface area contributed by atoms with Crippen molar-refractivity contribution in [3.63, 3.8) is 0 Å². The first-order valence-corrected chi connectivity index (χ1v) is 7.94. The number of benzene rings is 2. The molecule has 0 amide bonds. The van der Waals surface area contributed by atoms with Crippen molar-refractivity contribution in [2.75, 3.05) is 0 Å². The van der Waals surface area contributed by atoms with Crippen LogP contribution >= 0.6 is 11.3 Å². The summed E-state index contributed by atoms with van der Waals surface area (Å²) in [5, 5.41) is 1.01. The Hall–Kier alpha value is -1.97. The molecular formula is C18H16N2S. The fourth-order valence-corrected chi connectivity index (χ4v) is 4.01. The fourth-order valence-electron chi connectivity index (χ4n) is 2.87. The molecule has 21 heavy (non-hydrogen) atoms. The van der Waals surface area contributed by atoms with Crippen molar-refractivity contribution >= 4 is 11.3 Å². The number of nitrogens with two attached hydrogens (primary N) is 1. The Morgan fingerprint density at radius 1 is 1.14 bits per heavy atom. The van der Waals surface area contributed by atoms with Crippen molar-refractivity contribution < 1.29 is 0 Å². The maximum absolute atomic E-state index is 6.38. The van der Waals surface area contributed by atoms with Gasteiger partial charge in [0.25, 0.3) is 0 Å². The first-order valence-electron chi connectivity index (χ1n) is 7.12. The quantitative estimate of drug-likeness (QED) is 0.605. The van der Waals surface area contributed by atoms with Crippen molar-refractivity contribution in [1.82, 2.24) is 4.98 Å². The standard InChI is InChI=1S/C18H16N2S/c1-11-7-8-13-10-15-17(14(13)9-11)20-18(21-15)16(19)12-5-3-2-4-6-12/h2-9,16H,10,19H2,1H3. The molecule has 2 nitrogen and oxygen atoms in total. The third-order valence-corrected chi connectivity index (χ3v) is 5.15. The lowest BCUT2D eigenvalue weighted by molar-refractivity contribution is 0.859. The summed E-state index contributed by atoms with van der Waals surface area (Å²) in [5.74, 6) is 0. The van der Waals surface area contributed by atoms with E-state index in [1.54, 1.807) is 11.3 Å². The Morgan fingerprint density at radius 3 is 2.76 bits per heavy atom. The van der Waals surface area contributed by atoms with E-state index in [2.05, 4.69) is 37.3 Å². The number of fused-ring (bicyclic) bond motifs is 3. The van der Waals surface area contributed by atoms with Gasteiger partial charge < -0.3 is 5.73 Å². The van der Waals surface area contributed by atoms with Gasteiger partial charge in [-0.2, -0.15) is 0 Å². The predicted octanol–water partition coefficient (Wildman–Crippen LogP) is 4.07. The smallest absolute Gasteiger partial charge is 0.115 e. The van der Waals surface area contributed by atoms with Gasteiger partial charge in [0, 0.05) is 16.9 Å². The highest BCUT2D eigenvalue weighted by atomic mass is 32.1. The first-order chi connectivity index (χ1) is 10.2. The number of aryl methyl sites for hydroxylation is 1. The van der Waals surface area contributed by atoms with Crippen molar-refractivity contribution in [2.24, 2.45) is 5.73 Å². The van der Waals surface area contributed by atoms with Crippen LogP contribution in [0.15, 0.2) is 48.5 Å². The second-order valence-corrected chi connectivity index (χ2v) is 6.66. The van der Waals surface area contributed by atoms with Crippen molar-refractivity contribution in [3.8, 4) is 11.3 Å². The Morgan fingerprint density at radius 2 is 1.95 bits per heavy atom. The minimum Gasteiger partial charge on any atom is -0.318 e. The molecule has 2 N–H and O–H groups in total. The maximum atomic E-state index is 6.38. The lowest BCUT2D eigenvalue weighted by atomic mass is 10.1. The first kappa shape index (κ1) is 12.7. The van der Waals surface area contributed by atoms with E-state index in [1.165, 1.54) is 21.6 Å². The Kier molecular flexibility index (Phi) is 2.91. The maximum Gasteiger partial charge on any atom is 0.115 e. The monoisotopic (exact) mass is 292 g/mol. The van der Waals surface area contributed by atoms with Crippen LogP contribution in [0.5, 0.6) is 0 Å². The van der Waals surface area contributed by atoms with Gasteiger partial charge in [0.05, 0.1) is 11.7 Å². The summed E-state index contributed by atoms with van der Waals surface area (Å²) in [6, 6.07) is 16.7. The number of thiazole rings is 1. The van der Waals surface area contributed by atoms with Crippen LogP contribution in [0, 0.1) is 6.92 Å². The zero-order valence-corrected chi connectivity index (χ0v) is 12.7. The SMILES string of the molecule is Cc1ccc2c(c1)-c1nc(C(N)c3ccccc3)sc1C2. The average molecular weight is 292 g/mol. The average Bonchev–Trinajstić information content (AvgIpc) is 3.05. The summed E-state index contributed by atoms with van der Waals surface area (Å²) < 4.78 is 0. The Labute approximate surface area is 128 Å². The normalized spacial score (nSPS) is 13.8. The molecule has 3 aromatic rings. The van der Waals surface area contributed by atoms with E-state index in [4.69, 9.17) is 10.7 Å². The number of hydrogen-bond donors (Lipinski definition) is 1. The number of nitrogens with zero attached hydrogens (tertiary/aromatic N) is 1. The molecule has 0 aliphatic heterocycles. The topological polar surface area (TPSA) is 38.9 Å². The molecule has 3 heteroatoms. The van der Waals surface area contributed by atoms with Gasteiger partial charge in [-0.25, -0.2) is 4.98 Å². The van der Waals surface area contributed by atoms with E-state index in [-0.39, 0.29) is 6.04 Å². The van der Waals surface area contributed by atoms with Crippen LogP contribution in [-0.2, 0) is 6.42 Å². The van der Waals surface area contributed by atoms with E-state index in [1.807, 2.05) is 18.2 Å². The van der Waals surface area contributed by atoms with E-state index in [0.717, 1.165) is 22.7 Å². The van der Waals surface area contributed by atoms with Gasteiger partial charge in [-0.3, -0.25) is 0 Å². The third-order valence-electron chi connectivity index (χ3n) is 4.01. The highest BCUT2D eigenvalue weighted by Crippen LogP contribution is 2.41. The molecule has 1 aliphatic rings. The second-order valence-electron chi connectivity index (χ2n) is 5.55. The molecule has 0 fully saturated rings. The van der Waals surface area contributed by atoms with E-state index >= 15 is 0 Å². The van der Waals surface area contributed by atoms with Crippen LogP contribution in [0.3, 0.4) is 0 Å². The van der Waals surface area contributed by atoms with Crippen LogP contribution in [0.2, 0.25) is 0 Å². The zero-order chi connectivity index (χ0) is 14.4. The number of hydrogen-bond acceptors (Lipinski definition) is 3. The van der Waals surface area contributed by atoms with Gasteiger partial charge >= 0.3 is 0 Å². The highest BCUT2D eigenvalue weighted by Gasteiger charge is 2.25. The molecule has 0 bridgehead atoms. The van der Waals surface area contributed by atoms with Gasteiger partial charge in [-0.15, -0.1) is 11.3 Å². The molecule has 1 heterocycles. The molecule has 104 valence electrons. The van der Waals surface area contributed by atoms with Crippen molar-refractivity contribution in [3.05, 3.63) is 75.1 Å². The van der Waals surface area contributed by atoms with Gasteiger partial charge in [-0.05, 0) is 24.1 Å². The molecule has 0 spiro atoms. The summed E-state index contributed by atoms with van der Waals surface area (Å²) in [6.45, 7) is 2.13. The molecule has 1 atom stereocenters. The van der Waals surface area contributed by atoms with E-state index < -0.39 is 0 Å². The third kappa shape index (κ3) is 2.09. The minimum atomic E-state index is -0.130. The summed E-state index contributed by atoms with van der Waals surface area (Å²) in [6.07, 6.45) is 0.990. The second kappa shape index (κ2) is 4.79. The molecule has 0 saturated carbocycles. The number of rotatable bonds is 2. The predicted molar refractivity (Wildman–Crippen MR) is 87.6 cm³/mol. The molecule has 0 radical (unpaired) electrons. The van der Waals surface area contributed by atoms with Crippen LogP contribution in [0.4, 0.5) is 0 Å². The summed E-state index contributed by atoms with van der Waals surface area (Å²) in [4.78, 5) is 6.19. The van der Waals surface area contributed by atoms with Gasteiger partial charge in [-0.1, -0.05) is 48.0 Å². The van der Waals surface area contributed by atoms with Crippen LogP contribution in [0.25, 0.3) is 11.3 Å². The van der Waals surface area contributed by atoms with Crippen LogP contribution < -0.4 is 5.73 Å². The lowest BCUT2D eigenvalue weighted by Crippen LogP contribution is -2.11. The van der Waals surface area contributed by atoms with Gasteiger partial charge in [0.1, 0.15) is 5.01 Å². The summed E-state index contributed by atoms with van der Waals surface area (Å²) >= 11 is 1.75. The highest BCUT2D eigenvalue weighted by molar-refractivity contribution is 7.12. The van der Waals surface area contributed by atoms with Gasteiger partial charge in [0.2, 0.25) is 0 Å². The summed E-state index contributed by atoms with van der Waals surface area (Å²) in [7, 11) is 0. The summed E-state index contributed by atoms with van der Waals surface area (Å²) in [5.41, 5.74) is 12.6. The van der Waals surface area contributed by atoms with Crippen LogP contribution in [-0.4, -0.2) is 4.98 Å². The zero-order valence-electron chi connectivity index (χ0n) is 11.8. The molecule has 1 unspecified atom stereocenters. The molecule has 0 saturated heterocycles. The van der Waals surface area contributed by atoms with E-state index in [9.17, 15) is 0 Å². The minimum absolute atomic E-state index is 0.130. The number of aromatic nitrogens is 1. The Bertz CT molecular complexity index is 805. The largest absolute Gasteiger partial charge is 0.318 e. The van der Waals surface area contributed by atoms with Crippen molar-refractivity contribution in [1.29, 1.82) is 0 Å².